The summed E-state index contributed by atoms with van der Waals surface area (Å²) in [6.07, 6.45) is 0. The lowest BCUT2D eigenvalue weighted by atomic mass is 11.0. The summed E-state index contributed by atoms with van der Waals surface area (Å²) in [7, 11) is 0. The van der Waals surface area contributed by atoms with Gasteiger partial charge >= 0.3 is 0 Å². The molecule has 0 aliphatic rings. The van der Waals surface area contributed by atoms with Crippen molar-refractivity contribution in [2.45, 2.75) is 83.1 Å². The van der Waals surface area contributed by atoms with E-state index >= 15 is 0 Å². The van der Waals surface area contributed by atoms with Crippen molar-refractivity contribution in [1.82, 2.24) is 0 Å². The SMILES string of the molecule is C=C.C=C.C=C.C=C.C=C.C=C.C=C.C=C.C=C.C=C.C=C.C=C.CC.CC.CC.CC.CC.CC. The summed E-state index contributed by atoms with van der Waals surface area (Å²) in [5, 5.41) is 0. The van der Waals surface area contributed by atoms with Crippen LogP contribution in [0.25, 0.3) is 0 Å². The molecule has 0 aromatic carbocycles. The highest BCUT2D eigenvalue weighted by Gasteiger charge is 0.943. The van der Waals surface area contributed by atoms with Gasteiger partial charge in [0.2, 0.25) is 0 Å². The Balaban J connectivity index is -0.00000000596. The molecular weight excluding hydrogens is 432 g/mol. The van der Waals surface area contributed by atoms with Gasteiger partial charge in [-0.3, -0.25) is 0 Å². The summed E-state index contributed by atoms with van der Waals surface area (Å²) < 4.78 is 0. The van der Waals surface area contributed by atoms with Crippen LogP contribution in [0, 0.1) is 0 Å². The third-order valence-electron chi connectivity index (χ3n) is 0. The molecule has 0 N–H and O–H groups in total. The van der Waals surface area contributed by atoms with Crippen molar-refractivity contribution in [2.24, 2.45) is 0 Å². The van der Waals surface area contributed by atoms with Gasteiger partial charge in [0.25, 0.3) is 0 Å². The van der Waals surface area contributed by atoms with Gasteiger partial charge in [-0.1, -0.05) is 83.1 Å². The Bertz CT molecular complexity index is 43.0. The molecule has 0 fully saturated rings. The molecule has 0 radical (unpaired) electrons. The first-order chi connectivity index (χ1) is 18.0. The average Bonchev–Trinajstić information content (AvgIpc) is 3.13. The highest BCUT2D eigenvalue weighted by Crippen LogP contribution is 1.16. The van der Waals surface area contributed by atoms with Gasteiger partial charge in [0, 0.05) is 0 Å². The van der Waals surface area contributed by atoms with Crippen LogP contribution in [-0.2, 0) is 0 Å². The van der Waals surface area contributed by atoms with Gasteiger partial charge in [-0.25, -0.2) is 0 Å². The van der Waals surface area contributed by atoms with E-state index in [1.165, 1.54) is 0 Å². The maximum Gasteiger partial charge on any atom is -0.0683 e. The van der Waals surface area contributed by atoms with Gasteiger partial charge in [-0.15, -0.1) is 158 Å². The summed E-state index contributed by atoms with van der Waals surface area (Å²) >= 11 is 0. The Hall–Kier alpha value is -3.12. The molecule has 0 unspecified atom stereocenters. The summed E-state index contributed by atoms with van der Waals surface area (Å²) in [5.74, 6) is 0. The second-order valence-corrected chi connectivity index (χ2v) is 0. The zero-order valence-electron chi connectivity index (χ0n) is 29.0. The molecule has 0 heterocycles. The molecule has 0 aliphatic heterocycles. The van der Waals surface area contributed by atoms with Crippen LogP contribution in [-0.4, -0.2) is 0 Å². The molecule has 36 heavy (non-hydrogen) atoms. The number of rotatable bonds is 0. The van der Waals surface area contributed by atoms with Crippen LogP contribution >= 0.6 is 0 Å². The highest BCUT2D eigenvalue weighted by molar-refractivity contribution is 4.24. The molecule has 0 aromatic heterocycles. The molecule has 0 heteroatoms. The molecule has 0 bridgehead atoms. The van der Waals surface area contributed by atoms with Crippen molar-refractivity contribution in [3.63, 3.8) is 0 Å². The zero-order valence-corrected chi connectivity index (χ0v) is 29.0. The van der Waals surface area contributed by atoms with Gasteiger partial charge < -0.3 is 0 Å². The predicted molar refractivity (Wildman–Crippen MR) is 203 cm³/mol. The molecule has 0 atom stereocenters. The predicted octanol–water partition coefficient (Wildman–Crippen LogP) is 15.8. The van der Waals surface area contributed by atoms with Crippen LogP contribution in [0.3, 0.4) is 0 Å². The monoisotopic (exact) mass is 517 g/mol. The minimum Gasteiger partial charge on any atom is -0.106 e. The van der Waals surface area contributed by atoms with Crippen LogP contribution in [0.1, 0.15) is 83.1 Å². The van der Waals surface area contributed by atoms with Gasteiger partial charge in [0.1, 0.15) is 0 Å². The fraction of sp³-hybridized carbons (Fsp3) is 0.333. The lowest BCUT2D eigenvalue weighted by Gasteiger charge is -1.07. The second kappa shape index (κ2) is 3120. The molecule has 0 aliphatic carbocycles. The maximum absolute atomic E-state index is 3.00. The fourth-order valence-electron chi connectivity index (χ4n) is 0. The Morgan fingerprint density at radius 3 is 0.111 bits per heavy atom. The third-order valence-corrected chi connectivity index (χ3v) is 0. The topological polar surface area (TPSA) is 0 Å². The van der Waals surface area contributed by atoms with E-state index in [1.54, 1.807) is 0 Å². The first-order valence-electron chi connectivity index (χ1n) is 12.0. The van der Waals surface area contributed by atoms with Crippen molar-refractivity contribution < 1.29 is 0 Å². The van der Waals surface area contributed by atoms with Crippen molar-refractivity contribution in [2.75, 3.05) is 0 Å². The molecule has 0 saturated heterocycles. The van der Waals surface area contributed by atoms with Gasteiger partial charge in [0.05, 0.1) is 0 Å². The minimum atomic E-state index is 2.00. The van der Waals surface area contributed by atoms with E-state index in [2.05, 4.69) is 158 Å². The summed E-state index contributed by atoms with van der Waals surface area (Å²) in [4.78, 5) is 0. The van der Waals surface area contributed by atoms with Crippen molar-refractivity contribution in [1.29, 1.82) is 0 Å². The molecule has 0 nitrogen and oxygen atoms in total. The van der Waals surface area contributed by atoms with Crippen molar-refractivity contribution >= 4 is 0 Å². The molecule has 0 saturated carbocycles. The summed E-state index contributed by atoms with van der Waals surface area (Å²) in [6, 6.07) is 0. The van der Waals surface area contributed by atoms with Crippen LogP contribution < -0.4 is 0 Å². The lowest BCUT2D eigenvalue weighted by Crippen LogP contribution is -0.856. The van der Waals surface area contributed by atoms with Crippen molar-refractivity contribution in [3.05, 3.63) is 158 Å². The third kappa shape index (κ3) is 2830. The molecule has 0 rings (SSSR count). The maximum atomic E-state index is 3.00. The molecule has 0 spiro atoms. The summed E-state index contributed by atoms with van der Waals surface area (Å²) in [5.41, 5.74) is 0. The van der Waals surface area contributed by atoms with Crippen LogP contribution in [0.2, 0.25) is 0 Å². The minimum absolute atomic E-state index is 2.00. The fourth-order valence-corrected chi connectivity index (χ4v) is 0. The lowest BCUT2D eigenvalue weighted by molar-refractivity contribution is 1.50. The normalized spacial score (nSPS) is 2.33. The molecular formula is C36H84. The average molecular weight is 517 g/mol. The van der Waals surface area contributed by atoms with E-state index in [0.717, 1.165) is 0 Å². The first kappa shape index (κ1) is 151. The number of hydrogen-bond acceptors (Lipinski definition) is 0. The Morgan fingerprint density at radius 1 is 0.111 bits per heavy atom. The summed E-state index contributed by atoms with van der Waals surface area (Å²) in [6.45, 7) is 96.0. The van der Waals surface area contributed by atoms with Gasteiger partial charge in [-0.2, -0.15) is 0 Å². The Labute approximate surface area is 240 Å². The van der Waals surface area contributed by atoms with E-state index in [9.17, 15) is 0 Å². The zero-order chi connectivity index (χ0) is 36.0. The molecule has 228 valence electrons. The standard InChI is InChI=1S/6C2H6.12C2H4/c18*1-2/h6*1-2H3;12*1-2H2. The first-order valence-corrected chi connectivity index (χ1v) is 12.0. The van der Waals surface area contributed by atoms with E-state index in [0.29, 0.717) is 0 Å². The largest absolute Gasteiger partial charge is 0.106 e. The molecule has 0 amide bonds. The van der Waals surface area contributed by atoms with Crippen LogP contribution in [0.15, 0.2) is 158 Å². The Morgan fingerprint density at radius 2 is 0.111 bits per heavy atom. The van der Waals surface area contributed by atoms with Crippen LogP contribution in [0.5, 0.6) is 0 Å². The van der Waals surface area contributed by atoms with E-state index < -0.39 is 0 Å². The molecule has 0 aromatic rings. The van der Waals surface area contributed by atoms with E-state index in [4.69, 9.17) is 0 Å². The van der Waals surface area contributed by atoms with E-state index in [1.807, 2.05) is 83.1 Å². The highest BCUT2D eigenvalue weighted by atomic mass is 13.0. The second-order valence-electron chi connectivity index (χ2n) is 0. The van der Waals surface area contributed by atoms with Gasteiger partial charge in [-0.05, 0) is 0 Å². The smallest absolute Gasteiger partial charge is 0.0683 e. The van der Waals surface area contributed by atoms with Crippen molar-refractivity contribution in [3.8, 4) is 0 Å². The Kier molecular flexibility index (Phi) is 13100. The van der Waals surface area contributed by atoms with Gasteiger partial charge in [0.15, 0.2) is 0 Å². The van der Waals surface area contributed by atoms with E-state index in [-0.39, 0.29) is 0 Å². The van der Waals surface area contributed by atoms with Crippen LogP contribution in [0.4, 0.5) is 0 Å². The quantitative estimate of drug-likeness (QED) is 0.281. The number of hydrogen-bond donors (Lipinski definition) is 0.